The largest absolute Gasteiger partial charge is 0.496 e. The zero-order chi connectivity index (χ0) is 9.84. The number of methoxy groups -OCH3 is 2. The molecule has 0 spiro atoms. The van der Waals surface area contributed by atoms with Crippen LogP contribution in [-0.4, -0.2) is 14.2 Å². The first-order valence-corrected chi connectivity index (χ1v) is 4.44. The van der Waals surface area contributed by atoms with Gasteiger partial charge in [0, 0.05) is 5.56 Å². The predicted octanol–water partition coefficient (Wildman–Crippen LogP) is 2.57. The van der Waals surface area contributed by atoms with Gasteiger partial charge < -0.3 is 9.47 Å². The van der Waals surface area contributed by atoms with Crippen LogP contribution in [0, 0.1) is 6.92 Å². The van der Waals surface area contributed by atoms with Gasteiger partial charge in [0.05, 0.1) is 14.2 Å². The molecule has 1 aromatic rings. The Morgan fingerprint density at radius 3 is 1.85 bits per heavy atom. The lowest BCUT2D eigenvalue weighted by Crippen LogP contribution is -1.94. The Morgan fingerprint density at radius 1 is 1.08 bits per heavy atom. The molecule has 13 heavy (non-hydrogen) atoms. The fourth-order valence-electron chi connectivity index (χ4n) is 1.34. The molecule has 0 saturated carbocycles. The monoisotopic (exact) mass is 180 g/mol. The van der Waals surface area contributed by atoms with Gasteiger partial charge in [-0.3, -0.25) is 0 Å². The highest BCUT2D eigenvalue weighted by Crippen LogP contribution is 2.29. The van der Waals surface area contributed by atoms with Gasteiger partial charge in [-0.15, -0.1) is 0 Å². The van der Waals surface area contributed by atoms with Gasteiger partial charge in [-0.05, 0) is 31.0 Å². The normalized spacial score (nSPS) is 9.85. The first kappa shape index (κ1) is 9.90. The lowest BCUT2D eigenvalue weighted by molar-refractivity contribution is 0.388. The summed E-state index contributed by atoms with van der Waals surface area (Å²) in [6.07, 6.45) is 0.993. The maximum atomic E-state index is 5.25. The second-order valence-electron chi connectivity index (χ2n) is 2.98. The summed E-state index contributed by atoms with van der Waals surface area (Å²) in [6, 6.07) is 4.11. The smallest absolute Gasteiger partial charge is 0.125 e. The molecule has 0 aliphatic rings. The number of ether oxygens (including phenoxy) is 2. The summed E-state index contributed by atoms with van der Waals surface area (Å²) >= 11 is 0. The summed E-state index contributed by atoms with van der Waals surface area (Å²) in [6.45, 7) is 4.11. The van der Waals surface area contributed by atoms with E-state index in [1.807, 2.05) is 6.92 Å². The SMILES string of the molecule is CCc1cc(OC)c(C)c(OC)c1. The van der Waals surface area contributed by atoms with Crippen LogP contribution in [0.2, 0.25) is 0 Å². The van der Waals surface area contributed by atoms with Gasteiger partial charge in [0.25, 0.3) is 0 Å². The fraction of sp³-hybridized carbons (Fsp3) is 0.455. The van der Waals surface area contributed by atoms with Crippen molar-refractivity contribution in [2.75, 3.05) is 14.2 Å². The molecule has 0 aliphatic heterocycles. The van der Waals surface area contributed by atoms with Gasteiger partial charge >= 0.3 is 0 Å². The van der Waals surface area contributed by atoms with E-state index in [-0.39, 0.29) is 0 Å². The number of hydrogen-bond acceptors (Lipinski definition) is 2. The lowest BCUT2D eigenvalue weighted by Gasteiger charge is -2.11. The number of rotatable bonds is 3. The first-order chi connectivity index (χ1) is 6.22. The average molecular weight is 180 g/mol. The zero-order valence-electron chi connectivity index (χ0n) is 8.68. The molecule has 0 aromatic heterocycles. The van der Waals surface area contributed by atoms with Crippen molar-refractivity contribution in [3.63, 3.8) is 0 Å². The minimum Gasteiger partial charge on any atom is -0.496 e. The third kappa shape index (κ3) is 1.94. The van der Waals surface area contributed by atoms with E-state index >= 15 is 0 Å². The summed E-state index contributed by atoms with van der Waals surface area (Å²) in [7, 11) is 3.36. The molecule has 0 amide bonds. The van der Waals surface area contributed by atoms with E-state index in [0.717, 1.165) is 23.5 Å². The Bertz CT molecular complexity index is 267. The van der Waals surface area contributed by atoms with Gasteiger partial charge in [-0.25, -0.2) is 0 Å². The minimum atomic E-state index is 0.899. The molecule has 72 valence electrons. The molecule has 0 N–H and O–H groups in total. The molecular weight excluding hydrogens is 164 g/mol. The molecule has 0 bridgehead atoms. The van der Waals surface area contributed by atoms with Crippen LogP contribution in [0.25, 0.3) is 0 Å². The van der Waals surface area contributed by atoms with Gasteiger partial charge in [-0.2, -0.15) is 0 Å². The Morgan fingerprint density at radius 2 is 1.54 bits per heavy atom. The van der Waals surface area contributed by atoms with Crippen LogP contribution in [0.15, 0.2) is 12.1 Å². The van der Waals surface area contributed by atoms with Crippen molar-refractivity contribution in [2.24, 2.45) is 0 Å². The van der Waals surface area contributed by atoms with Gasteiger partial charge in [0.15, 0.2) is 0 Å². The van der Waals surface area contributed by atoms with Crippen LogP contribution >= 0.6 is 0 Å². The number of hydrogen-bond donors (Lipinski definition) is 0. The van der Waals surface area contributed by atoms with Crippen molar-refractivity contribution in [1.82, 2.24) is 0 Å². The lowest BCUT2D eigenvalue weighted by atomic mass is 10.1. The minimum absolute atomic E-state index is 0.899. The second-order valence-corrected chi connectivity index (χ2v) is 2.98. The molecule has 0 saturated heterocycles. The van der Waals surface area contributed by atoms with Crippen LogP contribution in [0.3, 0.4) is 0 Å². The Kier molecular flexibility index (Phi) is 3.18. The van der Waals surface area contributed by atoms with Gasteiger partial charge in [-0.1, -0.05) is 6.92 Å². The molecule has 1 aromatic carbocycles. The van der Waals surface area contributed by atoms with E-state index in [2.05, 4.69) is 19.1 Å². The number of benzene rings is 1. The Labute approximate surface area is 79.5 Å². The highest BCUT2D eigenvalue weighted by atomic mass is 16.5. The Hall–Kier alpha value is -1.18. The molecule has 0 aliphatic carbocycles. The van der Waals surface area contributed by atoms with Crippen LogP contribution in [-0.2, 0) is 6.42 Å². The van der Waals surface area contributed by atoms with Crippen molar-refractivity contribution in [3.05, 3.63) is 23.3 Å². The van der Waals surface area contributed by atoms with Crippen molar-refractivity contribution >= 4 is 0 Å². The number of aryl methyl sites for hydroxylation is 1. The summed E-state index contributed by atoms with van der Waals surface area (Å²) in [5.41, 5.74) is 2.29. The third-order valence-corrected chi connectivity index (χ3v) is 2.22. The van der Waals surface area contributed by atoms with Crippen LogP contribution in [0.4, 0.5) is 0 Å². The van der Waals surface area contributed by atoms with E-state index in [0.29, 0.717) is 0 Å². The van der Waals surface area contributed by atoms with Crippen molar-refractivity contribution in [3.8, 4) is 11.5 Å². The highest BCUT2D eigenvalue weighted by Gasteiger charge is 2.06. The maximum absolute atomic E-state index is 5.25. The van der Waals surface area contributed by atoms with E-state index in [1.54, 1.807) is 14.2 Å². The molecule has 0 radical (unpaired) electrons. The topological polar surface area (TPSA) is 18.5 Å². The van der Waals surface area contributed by atoms with E-state index in [9.17, 15) is 0 Å². The predicted molar refractivity (Wildman–Crippen MR) is 53.7 cm³/mol. The third-order valence-electron chi connectivity index (χ3n) is 2.22. The van der Waals surface area contributed by atoms with E-state index in [4.69, 9.17) is 9.47 Å². The van der Waals surface area contributed by atoms with Gasteiger partial charge in [0.2, 0.25) is 0 Å². The standard InChI is InChI=1S/C11H16O2/c1-5-9-6-10(12-3)8(2)11(7-9)13-4/h6-7H,5H2,1-4H3. The molecule has 1 rings (SSSR count). The molecular formula is C11H16O2. The molecule has 2 heteroatoms. The molecule has 0 heterocycles. The van der Waals surface area contributed by atoms with Crippen molar-refractivity contribution in [1.29, 1.82) is 0 Å². The molecule has 0 fully saturated rings. The van der Waals surface area contributed by atoms with Crippen molar-refractivity contribution in [2.45, 2.75) is 20.3 Å². The fourth-order valence-corrected chi connectivity index (χ4v) is 1.34. The molecule has 0 atom stereocenters. The molecule has 0 unspecified atom stereocenters. The quantitative estimate of drug-likeness (QED) is 0.711. The summed E-state index contributed by atoms with van der Waals surface area (Å²) < 4.78 is 10.5. The summed E-state index contributed by atoms with van der Waals surface area (Å²) in [4.78, 5) is 0. The zero-order valence-corrected chi connectivity index (χ0v) is 8.68. The maximum Gasteiger partial charge on any atom is 0.125 e. The summed E-state index contributed by atoms with van der Waals surface area (Å²) in [5.74, 6) is 1.80. The van der Waals surface area contributed by atoms with Crippen LogP contribution in [0.1, 0.15) is 18.1 Å². The van der Waals surface area contributed by atoms with E-state index in [1.165, 1.54) is 5.56 Å². The average Bonchev–Trinajstić information content (AvgIpc) is 2.18. The summed E-state index contributed by atoms with van der Waals surface area (Å²) in [5, 5.41) is 0. The molecule has 2 nitrogen and oxygen atoms in total. The van der Waals surface area contributed by atoms with E-state index < -0.39 is 0 Å². The second kappa shape index (κ2) is 4.17. The van der Waals surface area contributed by atoms with Crippen molar-refractivity contribution < 1.29 is 9.47 Å². The van der Waals surface area contributed by atoms with Crippen LogP contribution < -0.4 is 9.47 Å². The van der Waals surface area contributed by atoms with Crippen LogP contribution in [0.5, 0.6) is 11.5 Å². The van der Waals surface area contributed by atoms with Gasteiger partial charge in [0.1, 0.15) is 11.5 Å². The first-order valence-electron chi connectivity index (χ1n) is 4.44. The highest BCUT2D eigenvalue weighted by molar-refractivity contribution is 5.47. The Balaban J connectivity index is 3.20.